The van der Waals surface area contributed by atoms with Crippen molar-refractivity contribution in [3.63, 3.8) is 0 Å². The van der Waals surface area contributed by atoms with Gasteiger partial charge in [0, 0.05) is 25.1 Å². The van der Waals surface area contributed by atoms with Crippen molar-refractivity contribution in [3.8, 4) is 0 Å². The number of anilines is 1. The molecule has 0 aromatic heterocycles. The summed E-state index contributed by atoms with van der Waals surface area (Å²) in [5.41, 5.74) is 12.0. The van der Waals surface area contributed by atoms with Crippen LogP contribution in [0.1, 0.15) is 40.7 Å². The second kappa shape index (κ2) is 10.8. The zero-order chi connectivity index (χ0) is 26.9. The molecule has 4 aliphatic rings. The van der Waals surface area contributed by atoms with E-state index in [1.54, 1.807) is 29.2 Å². The van der Waals surface area contributed by atoms with E-state index in [0.29, 0.717) is 37.9 Å². The maximum absolute atomic E-state index is 13.9. The minimum atomic E-state index is -0.800. The maximum atomic E-state index is 13.9. The van der Waals surface area contributed by atoms with E-state index in [0.717, 1.165) is 29.7 Å². The smallest absolute Gasteiger partial charge is 0.251 e. The molecule has 6 N–H and O–H groups in total. The highest BCUT2D eigenvalue weighted by atomic mass is 16.2. The first-order valence-electron chi connectivity index (χ1n) is 13.6. The van der Waals surface area contributed by atoms with E-state index in [4.69, 9.17) is 0 Å². The van der Waals surface area contributed by atoms with Gasteiger partial charge in [-0.3, -0.25) is 24.1 Å². The predicted octanol–water partition coefficient (Wildman–Crippen LogP) is -0.319. The van der Waals surface area contributed by atoms with Crippen molar-refractivity contribution in [1.82, 2.24) is 32.3 Å². The van der Waals surface area contributed by atoms with Gasteiger partial charge in [-0.05, 0) is 54.9 Å². The third-order valence-corrected chi connectivity index (χ3v) is 7.96. The zero-order valence-corrected chi connectivity index (χ0v) is 21.5. The fourth-order valence-electron chi connectivity index (χ4n) is 5.72. The molecule has 3 heterocycles. The van der Waals surface area contributed by atoms with Gasteiger partial charge in [0.1, 0.15) is 18.1 Å². The summed E-state index contributed by atoms with van der Waals surface area (Å²) in [6.07, 6.45) is 3.12. The fourth-order valence-corrected chi connectivity index (χ4v) is 5.72. The van der Waals surface area contributed by atoms with Crippen LogP contribution in [-0.2, 0) is 27.2 Å². The van der Waals surface area contributed by atoms with E-state index < -0.39 is 18.1 Å². The van der Waals surface area contributed by atoms with Gasteiger partial charge in [0.05, 0.1) is 11.7 Å². The minimum absolute atomic E-state index is 0.0330. The lowest BCUT2D eigenvalue weighted by atomic mass is 10.0. The second-order valence-corrected chi connectivity index (χ2v) is 10.7. The SMILES string of the molecule is O=C(N[C@H](C(=O)N[C@H]1CCc2cccc3c2N(C1=O)[C@H](C(=O)NCC1CNNN1)C3)C1CC1)c1ccccc1. The molecule has 1 saturated heterocycles. The summed E-state index contributed by atoms with van der Waals surface area (Å²) in [4.78, 5) is 55.1. The van der Waals surface area contributed by atoms with Crippen molar-refractivity contribution in [3.05, 3.63) is 65.2 Å². The van der Waals surface area contributed by atoms with E-state index in [2.05, 4.69) is 32.3 Å². The molecule has 1 aliphatic carbocycles. The summed E-state index contributed by atoms with van der Waals surface area (Å²) in [6.45, 7) is 1.07. The third kappa shape index (κ3) is 5.25. The molecule has 0 bridgehead atoms. The highest BCUT2D eigenvalue weighted by Gasteiger charge is 2.45. The lowest BCUT2D eigenvalue weighted by Crippen LogP contribution is -2.58. The largest absolute Gasteiger partial charge is 0.353 e. The molecule has 1 saturated carbocycles. The molecule has 0 radical (unpaired) electrons. The Morgan fingerprint density at radius 2 is 1.79 bits per heavy atom. The van der Waals surface area contributed by atoms with Gasteiger partial charge < -0.3 is 16.0 Å². The van der Waals surface area contributed by atoms with Crippen molar-refractivity contribution in [1.29, 1.82) is 0 Å². The van der Waals surface area contributed by atoms with Gasteiger partial charge in [0.25, 0.3) is 5.91 Å². The summed E-state index contributed by atoms with van der Waals surface area (Å²) in [5, 5.41) is 8.80. The Hall–Kier alpha value is -3.80. The third-order valence-electron chi connectivity index (χ3n) is 7.96. The van der Waals surface area contributed by atoms with Crippen molar-refractivity contribution < 1.29 is 19.2 Å². The van der Waals surface area contributed by atoms with Crippen LogP contribution in [0.5, 0.6) is 0 Å². The molecule has 4 amide bonds. The molecule has 1 unspecified atom stereocenters. The number of hydrogen-bond acceptors (Lipinski definition) is 7. The number of hydrogen-bond donors (Lipinski definition) is 6. The lowest BCUT2D eigenvalue weighted by Gasteiger charge is -2.29. The van der Waals surface area contributed by atoms with E-state index in [9.17, 15) is 19.2 Å². The molecule has 11 heteroatoms. The summed E-state index contributed by atoms with van der Waals surface area (Å²) >= 11 is 0. The maximum Gasteiger partial charge on any atom is 0.251 e. The van der Waals surface area contributed by atoms with Gasteiger partial charge in [-0.2, -0.15) is 5.53 Å². The number of benzene rings is 2. The molecular formula is C28H33N7O4. The van der Waals surface area contributed by atoms with Crippen LogP contribution in [0.3, 0.4) is 0 Å². The van der Waals surface area contributed by atoms with E-state index in [-0.39, 0.29) is 35.6 Å². The van der Waals surface area contributed by atoms with Gasteiger partial charge in [0.15, 0.2) is 0 Å². The summed E-state index contributed by atoms with van der Waals surface area (Å²) in [5.74, 6) is -1.15. The molecule has 0 spiro atoms. The van der Waals surface area contributed by atoms with Crippen LogP contribution in [-0.4, -0.2) is 60.9 Å². The molecule has 6 rings (SSSR count). The lowest BCUT2D eigenvalue weighted by molar-refractivity contribution is -0.130. The van der Waals surface area contributed by atoms with Gasteiger partial charge in [0.2, 0.25) is 17.7 Å². The molecular weight excluding hydrogens is 498 g/mol. The standard InChI is InChI=1S/C28H33N7O4/c36-25(18-5-2-1-3-6-18)32-23(16-9-10-16)27(38)31-21-12-11-17-7-4-8-19-13-22(35(24(17)19)28(21)39)26(37)29-14-20-15-30-34-33-20/h1-8,16,20-23,30,33-34H,9-15H2,(H,29,37)(H,31,38)(H,32,36)/t20?,21-,22-,23-/m0/s1. The van der Waals surface area contributed by atoms with Crippen LogP contribution < -0.4 is 37.2 Å². The van der Waals surface area contributed by atoms with Crippen LogP contribution in [0.4, 0.5) is 5.69 Å². The average Bonchev–Trinajstić information content (AvgIpc) is 3.54. The molecule has 39 heavy (non-hydrogen) atoms. The summed E-state index contributed by atoms with van der Waals surface area (Å²) in [6, 6.07) is 12.5. The number of hydrazine groups is 2. The number of nitrogens with one attached hydrogen (secondary N) is 6. The van der Waals surface area contributed by atoms with E-state index >= 15 is 0 Å². The van der Waals surface area contributed by atoms with Gasteiger partial charge in [-0.15, -0.1) is 0 Å². The number of carbonyl (C=O) groups excluding carboxylic acids is 4. The van der Waals surface area contributed by atoms with Gasteiger partial charge in [-0.1, -0.05) is 36.4 Å². The first-order valence-corrected chi connectivity index (χ1v) is 13.6. The van der Waals surface area contributed by atoms with E-state index in [1.807, 2.05) is 24.3 Å². The molecule has 4 atom stereocenters. The van der Waals surface area contributed by atoms with Crippen LogP contribution in [0.15, 0.2) is 48.5 Å². The van der Waals surface area contributed by atoms with Crippen molar-refractivity contribution in [2.24, 2.45) is 5.92 Å². The first-order chi connectivity index (χ1) is 19.0. The summed E-state index contributed by atoms with van der Waals surface area (Å²) in [7, 11) is 0. The topological polar surface area (TPSA) is 144 Å². The molecule has 2 aromatic carbocycles. The number of para-hydroxylation sites is 1. The van der Waals surface area contributed by atoms with Gasteiger partial charge in [-0.25, -0.2) is 10.9 Å². The molecule has 2 aromatic rings. The number of carbonyl (C=O) groups is 4. The number of rotatable bonds is 8. The average molecular weight is 532 g/mol. The van der Waals surface area contributed by atoms with Gasteiger partial charge >= 0.3 is 0 Å². The Morgan fingerprint density at radius 3 is 2.54 bits per heavy atom. The van der Waals surface area contributed by atoms with E-state index in [1.165, 1.54) is 0 Å². The van der Waals surface area contributed by atoms with Crippen LogP contribution >= 0.6 is 0 Å². The Labute approximate surface area is 226 Å². The van der Waals surface area contributed by atoms with Crippen molar-refractivity contribution in [2.45, 2.75) is 56.3 Å². The van der Waals surface area contributed by atoms with Crippen molar-refractivity contribution >= 4 is 29.3 Å². The molecule has 2 fully saturated rings. The fraction of sp³-hybridized carbons (Fsp3) is 0.429. The second-order valence-electron chi connectivity index (χ2n) is 10.7. The number of aryl methyl sites for hydroxylation is 1. The van der Waals surface area contributed by atoms with Crippen LogP contribution in [0.2, 0.25) is 0 Å². The Balaban J connectivity index is 1.18. The minimum Gasteiger partial charge on any atom is -0.353 e. The number of nitrogens with zero attached hydrogens (tertiary/aromatic N) is 1. The number of amides is 4. The molecule has 204 valence electrons. The summed E-state index contributed by atoms with van der Waals surface area (Å²) < 4.78 is 0. The monoisotopic (exact) mass is 531 g/mol. The van der Waals surface area contributed by atoms with Crippen LogP contribution in [0.25, 0.3) is 0 Å². The van der Waals surface area contributed by atoms with Crippen molar-refractivity contribution in [2.75, 3.05) is 18.0 Å². The highest BCUT2D eigenvalue weighted by molar-refractivity contribution is 6.08. The molecule has 3 aliphatic heterocycles. The quantitative estimate of drug-likeness (QED) is 0.274. The first kappa shape index (κ1) is 25.5. The Bertz CT molecular complexity index is 1280. The Morgan fingerprint density at radius 1 is 1.00 bits per heavy atom. The zero-order valence-electron chi connectivity index (χ0n) is 21.5. The van der Waals surface area contributed by atoms with Crippen LogP contribution in [0, 0.1) is 5.92 Å². The molecule has 11 nitrogen and oxygen atoms in total. The normalized spacial score (nSPS) is 24.5. The Kier molecular flexibility index (Phi) is 7.03. The highest BCUT2D eigenvalue weighted by Crippen LogP contribution is 2.39. The predicted molar refractivity (Wildman–Crippen MR) is 143 cm³/mol.